The van der Waals surface area contributed by atoms with Crippen LogP contribution in [-0.4, -0.2) is 21.3 Å². The van der Waals surface area contributed by atoms with Crippen molar-refractivity contribution in [3.05, 3.63) is 70.6 Å². The molecule has 0 spiro atoms. The Kier molecular flexibility index (Phi) is 2.96. The van der Waals surface area contributed by atoms with Gasteiger partial charge in [-0.05, 0) is 22.3 Å². The van der Waals surface area contributed by atoms with E-state index in [9.17, 15) is 4.79 Å². The van der Waals surface area contributed by atoms with Gasteiger partial charge >= 0.3 is 0 Å². The fourth-order valence-corrected chi connectivity index (χ4v) is 2.96. The number of carbonyl (C=O) groups excluding carboxylic acids is 1. The van der Waals surface area contributed by atoms with Crippen LogP contribution >= 0.6 is 0 Å². The molecule has 0 radical (unpaired) electrons. The zero-order valence-corrected chi connectivity index (χ0v) is 11.8. The Balaban J connectivity index is 1.65. The first-order valence-electron chi connectivity index (χ1n) is 7.16. The van der Waals surface area contributed by atoms with Gasteiger partial charge in [-0.1, -0.05) is 42.5 Å². The molecule has 4 rings (SSSR count). The zero-order valence-electron chi connectivity index (χ0n) is 11.8. The van der Waals surface area contributed by atoms with Crippen molar-refractivity contribution in [3.8, 4) is 0 Å². The normalized spacial score (nSPS) is 14.9. The molecule has 1 heterocycles. The Morgan fingerprint density at radius 2 is 2.18 bits per heavy atom. The summed E-state index contributed by atoms with van der Waals surface area (Å²) in [5.74, 6) is -0.0494. The average Bonchev–Trinajstić information content (AvgIpc) is 3.11. The summed E-state index contributed by atoms with van der Waals surface area (Å²) < 4.78 is 0. The number of allylic oxidation sites excluding steroid dienone is 4. The molecule has 5 heteroatoms. The number of carbonyl (C=O) groups is 1. The van der Waals surface area contributed by atoms with E-state index < -0.39 is 0 Å². The van der Waals surface area contributed by atoms with Crippen LogP contribution in [0.1, 0.15) is 22.4 Å². The summed E-state index contributed by atoms with van der Waals surface area (Å²) >= 11 is 0. The molecule has 0 aliphatic heterocycles. The van der Waals surface area contributed by atoms with Gasteiger partial charge in [-0.2, -0.15) is 15.4 Å². The molecule has 5 nitrogen and oxygen atoms in total. The van der Waals surface area contributed by atoms with Crippen molar-refractivity contribution in [2.75, 3.05) is 0 Å². The maximum absolute atomic E-state index is 12.5. The SMILES string of the molecule is O=C(NCc1cn[nH]n1)C1=C2C=CC=Cc3cccc(c32)C1. The Morgan fingerprint density at radius 1 is 1.27 bits per heavy atom. The molecule has 22 heavy (non-hydrogen) atoms. The van der Waals surface area contributed by atoms with E-state index in [4.69, 9.17) is 0 Å². The van der Waals surface area contributed by atoms with Gasteiger partial charge in [-0.3, -0.25) is 4.79 Å². The molecular formula is C17H14N4O. The van der Waals surface area contributed by atoms with Gasteiger partial charge in [0, 0.05) is 12.0 Å². The van der Waals surface area contributed by atoms with Gasteiger partial charge in [-0.15, -0.1) is 0 Å². The first-order chi connectivity index (χ1) is 10.8. The highest BCUT2D eigenvalue weighted by atomic mass is 16.1. The number of benzene rings is 1. The van der Waals surface area contributed by atoms with Crippen LogP contribution in [0.3, 0.4) is 0 Å². The average molecular weight is 290 g/mol. The van der Waals surface area contributed by atoms with E-state index >= 15 is 0 Å². The molecule has 0 fully saturated rings. The van der Waals surface area contributed by atoms with Crippen LogP contribution in [0, 0.1) is 0 Å². The number of amides is 1. The third-order valence-electron chi connectivity index (χ3n) is 3.96. The standard InChI is InChI=1S/C17H14N4O/c22-17(18-9-13-10-19-21-20-13)15-8-12-6-3-5-11-4-1-2-7-14(15)16(11)12/h1-7,10H,8-9H2,(H,18,22)(H,19,20,21). The van der Waals surface area contributed by atoms with Crippen LogP contribution in [0.5, 0.6) is 0 Å². The highest BCUT2D eigenvalue weighted by Gasteiger charge is 2.26. The van der Waals surface area contributed by atoms with Crippen LogP contribution in [0.15, 0.2) is 48.2 Å². The van der Waals surface area contributed by atoms with Crippen LogP contribution in [-0.2, 0) is 17.8 Å². The molecule has 2 aliphatic rings. The van der Waals surface area contributed by atoms with Crippen molar-refractivity contribution in [1.29, 1.82) is 0 Å². The van der Waals surface area contributed by atoms with Crippen molar-refractivity contribution in [2.45, 2.75) is 13.0 Å². The van der Waals surface area contributed by atoms with Crippen molar-refractivity contribution >= 4 is 17.6 Å². The maximum Gasteiger partial charge on any atom is 0.248 e. The number of aromatic nitrogens is 3. The Labute approximate surface area is 127 Å². The third-order valence-corrected chi connectivity index (χ3v) is 3.96. The largest absolute Gasteiger partial charge is 0.346 e. The van der Waals surface area contributed by atoms with Gasteiger partial charge in [0.25, 0.3) is 0 Å². The number of rotatable bonds is 3. The lowest BCUT2D eigenvalue weighted by Gasteiger charge is -2.06. The molecule has 0 bridgehead atoms. The van der Waals surface area contributed by atoms with Gasteiger partial charge in [-0.25, -0.2) is 0 Å². The summed E-state index contributed by atoms with van der Waals surface area (Å²) in [6.07, 6.45) is 10.4. The molecule has 0 unspecified atom stereocenters. The molecular weight excluding hydrogens is 276 g/mol. The number of nitrogens with one attached hydrogen (secondary N) is 2. The van der Waals surface area contributed by atoms with Crippen molar-refractivity contribution in [1.82, 2.24) is 20.7 Å². The molecule has 108 valence electrons. The first-order valence-corrected chi connectivity index (χ1v) is 7.16. The Morgan fingerprint density at radius 3 is 3.05 bits per heavy atom. The number of H-pyrrole nitrogens is 1. The first kappa shape index (κ1) is 12.8. The van der Waals surface area contributed by atoms with Crippen molar-refractivity contribution in [3.63, 3.8) is 0 Å². The number of nitrogens with zero attached hydrogens (tertiary/aromatic N) is 2. The summed E-state index contributed by atoms with van der Waals surface area (Å²) in [4.78, 5) is 12.5. The monoisotopic (exact) mass is 290 g/mol. The van der Waals surface area contributed by atoms with Crippen LogP contribution in [0.4, 0.5) is 0 Å². The molecule has 0 atom stereocenters. The van der Waals surface area contributed by atoms with Gasteiger partial charge in [0.2, 0.25) is 5.91 Å². The van der Waals surface area contributed by atoms with E-state index in [0.29, 0.717) is 18.7 Å². The highest BCUT2D eigenvalue weighted by molar-refractivity contribution is 6.07. The molecule has 1 aromatic carbocycles. The lowest BCUT2D eigenvalue weighted by Crippen LogP contribution is -2.25. The Bertz CT molecular complexity index is 828. The predicted molar refractivity (Wildman–Crippen MR) is 83.5 cm³/mol. The second-order valence-corrected chi connectivity index (χ2v) is 5.31. The minimum Gasteiger partial charge on any atom is -0.346 e. The second-order valence-electron chi connectivity index (χ2n) is 5.31. The minimum atomic E-state index is -0.0494. The van der Waals surface area contributed by atoms with E-state index in [1.165, 1.54) is 11.1 Å². The fraction of sp³-hybridized carbons (Fsp3) is 0.118. The van der Waals surface area contributed by atoms with Crippen molar-refractivity contribution in [2.24, 2.45) is 0 Å². The predicted octanol–water partition coefficient (Wildman–Crippen LogP) is 2.01. The van der Waals surface area contributed by atoms with E-state index in [-0.39, 0.29) is 5.91 Å². The molecule has 2 aliphatic carbocycles. The summed E-state index contributed by atoms with van der Waals surface area (Å²) in [6.45, 7) is 0.372. The summed E-state index contributed by atoms with van der Waals surface area (Å²) in [5.41, 5.74) is 6.10. The zero-order chi connectivity index (χ0) is 14.9. The van der Waals surface area contributed by atoms with E-state index in [0.717, 1.165) is 16.7 Å². The number of hydrogen-bond donors (Lipinski definition) is 2. The van der Waals surface area contributed by atoms with Crippen LogP contribution in [0.25, 0.3) is 11.6 Å². The topological polar surface area (TPSA) is 70.7 Å². The van der Waals surface area contributed by atoms with Crippen LogP contribution in [0.2, 0.25) is 0 Å². The van der Waals surface area contributed by atoms with E-state index in [1.54, 1.807) is 6.20 Å². The lowest BCUT2D eigenvalue weighted by molar-refractivity contribution is -0.117. The smallest absolute Gasteiger partial charge is 0.248 e. The highest BCUT2D eigenvalue weighted by Crippen LogP contribution is 2.38. The molecule has 0 saturated heterocycles. The summed E-state index contributed by atoms with van der Waals surface area (Å²) in [5, 5.41) is 13.1. The molecule has 2 N–H and O–H groups in total. The fourth-order valence-electron chi connectivity index (χ4n) is 2.96. The van der Waals surface area contributed by atoms with E-state index in [1.807, 2.05) is 24.3 Å². The second kappa shape index (κ2) is 5.11. The van der Waals surface area contributed by atoms with Gasteiger partial charge in [0.05, 0.1) is 12.7 Å². The van der Waals surface area contributed by atoms with E-state index in [2.05, 4.69) is 38.9 Å². The molecule has 2 aromatic rings. The number of aromatic amines is 1. The quantitative estimate of drug-likeness (QED) is 0.908. The van der Waals surface area contributed by atoms with Gasteiger partial charge in [0.15, 0.2) is 0 Å². The molecule has 1 aromatic heterocycles. The lowest BCUT2D eigenvalue weighted by atomic mass is 9.99. The third kappa shape index (κ3) is 2.07. The Hall–Kier alpha value is -2.95. The molecule has 0 saturated carbocycles. The van der Waals surface area contributed by atoms with Crippen molar-refractivity contribution < 1.29 is 4.79 Å². The maximum atomic E-state index is 12.5. The summed E-state index contributed by atoms with van der Waals surface area (Å²) in [6, 6.07) is 6.21. The van der Waals surface area contributed by atoms with Crippen LogP contribution < -0.4 is 5.32 Å². The molecule has 1 amide bonds. The number of hydrogen-bond acceptors (Lipinski definition) is 3. The van der Waals surface area contributed by atoms with Gasteiger partial charge in [0.1, 0.15) is 5.69 Å². The summed E-state index contributed by atoms with van der Waals surface area (Å²) in [7, 11) is 0. The van der Waals surface area contributed by atoms with Gasteiger partial charge < -0.3 is 5.32 Å². The minimum absolute atomic E-state index is 0.0494.